The number of carboxylic acid groups (broad SMARTS) is 1. The normalized spacial score (nSPS) is 15.6. The van der Waals surface area contributed by atoms with Crippen LogP contribution < -0.4 is 14.8 Å². The molecule has 2 atom stereocenters. The molecule has 10 heteroatoms. The maximum Gasteiger partial charge on any atom is 0.417 e. The fraction of sp³-hybridized carbons (Fsp3) is 0.267. The Morgan fingerprint density at radius 2 is 1.62 bits per heavy atom. The van der Waals surface area contributed by atoms with E-state index in [1.807, 2.05) is 13.0 Å². The van der Waals surface area contributed by atoms with E-state index in [9.17, 15) is 24.3 Å². The van der Waals surface area contributed by atoms with Crippen LogP contribution in [0.5, 0.6) is 11.5 Å². The molecule has 0 aromatic heterocycles. The number of carbonyl (C=O) groups is 4. The highest BCUT2D eigenvalue weighted by atomic mass is 16.6. The zero-order valence-electron chi connectivity index (χ0n) is 22.3. The molecule has 1 aliphatic rings. The highest BCUT2D eigenvalue weighted by Crippen LogP contribution is 2.25. The number of carbonyl (C=O) groups excluding carboxylic acids is 3. The van der Waals surface area contributed by atoms with Gasteiger partial charge in [0.25, 0.3) is 11.8 Å². The van der Waals surface area contributed by atoms with Gasteiger partial charge >= 0.3 is 12.1 Å². The van der Waals surface area contributed by atoms with Crippen LogP contribution in [0.1, 0.15) is 40.4 Å². The molecular weight excluding hydrogens is 514 g/mol. The lowest BCUT2D eigenvalue weighted by atomic mass is 10.0. The lowest BCUT2D eigenvalue weighted by molar-refractivity contribution is -0.138. The third-order valence-corrected chi connectivity index (χ3v) is 6.52. The molecule has 1 saturated heterocycles. The van der Waals surface area contributed by atoms with E-state index < -0.39 is 36.1 Å². The number of carboxylic acids is 1. The van der Waals surface area contributed by atoms with Crippen molar-refractivity contribution in [3.8, 4) is 11.5 Å². The number of ether oxygens (including phenoxy) is 2. The minimum atomic E-state index is -1.38. The fourth-order valence-electron chi connectivity index (χ4n) is 4.64. The molecule has 40 heavy (non-hydrogen) atoms. The van der Waals surface area contributed by atoms with Crippen molar-refractivity contribution < 1.29 is 33.8 Å². The first-order chi connectivity index (χ1) is 19.3. The number of rotatable bonds is 8. The molecule has 1 fully saturated rings. The summed E-state index contributed by atoms with van der Waals surface area (Å²) in [7, 11) is 1.48. The van der Waals surface area contributed by atoms with Gasteiger partial charge in [0.15, 0.2) is 6.17 Å². The van der Waals surface area contributed by atoms with Crippen LogP contribution in [-0.2, 0) is 9.59 Å². The molecule has 208 valence electrons. The predicted molar refractivity (Wildman–Crippen MR) is 146 cm³/mol. The van der Waals surface area contributed by atoms with Crippen molar-refractivity contribution in [1.29, 1.82) is 0 Å². The Morgan fingerprint density at radius 1 is 0.925 bits per heavy atom. The highest BCUT2D eigenvalue weighted by molar-refractivity contribution is 5.99. The first-order valence-corrected chi connectivity index (χ1v) is 12.8. The van der Waals surface area contributed by atoms with Gasteiger partial charge in [-0.25, -0.2) is 4.79 Å². The van der Waals surface area contributed by atoms with Gasteiger partial charge in [0.2, 0.25) is 0 Å². The molecule has 0 saturated carbocycles. The van der Waals surface area contributed by atoms with Gasteiger partial charge in [-0.2, -0.15) is 0 Å². The van der Waals surface area contributed by atoms with Crippen LogP contribution in [0, 0.1) is 6.92 Å². The summed E-state index contributed by atoms with van der Waals surface area (Å²) >= 11 is 0. The van der Waals surface area contributed by atoms with Crippen molar-refractivity contribution in [2.45, 2.75) is 32.0 Å². The number of para-hydroxylation sites is 1. The summed E-state index contributed by atoms with van der Waals surface area (Å²) in [5.41, 5.74) is 1.76. The topological polar surface area (TPSA) is 125 Å². The summed E-state index contributed by atoms with van der Waals surface area (Å²) in [4.78, 5) is 55.2. The number of aliphatic carboxylic acids is 1. The Hall–Kier alpha value is -4.86. The minimum absolute atomic E-state index is 0.152. The molecule has 0 aliphatic carbocycles. The molecular formula is C30H31N3O7. The third kappa shape index (κ3) is 6.76. The van der Waals surface area contributed by atoms with Crippen molar-refractivity contribution >= 4 is 23.9 Å². The molecule has 10 nitrogen and oxygen atoms in total. The van der Waals surface area contributed by atoms with Crippen molar-refractivity contribution in [3.05, 3.63) is 95.6 Å². The van der Waals surface area contributed by atoms with E-state index in [2.05, 4.69) is 5.32 Å². The van der Waals surface area contributed by atoms with E-state index in [1.54, 1.807) is 72.8 Å². The van der Waals surface area contributed by atoms with Crippen molar-refractivity contribution in [2.75, 3.05) is 20.2 Å². The smallest absolute Gasteiger partial charge is 0.417 e. The largest absolute Gasteiger partial charge is 0.497 e. The van der Waals surface area contributed by atoms with Crippen molar-refractivity contribution in [1.82, 2.24) is 15.1 Å². The first-order valence-electron chi connectivity index (χ1n) is 12.8. The van der Waals surface area contributed by atoms with Gasteiger partial charge in [0, 0.05) is 18.7 Å². The zero-order chi connectivity index (χ0) is 28.6. The highest BCUT2D eigenvalue weighted by Gasteiger charge is 2.42. The van der Waals surface area contributed by atoms with Gasteiger partial charge < -0.3 is 24.8 Å². The summed E-state index contributed by atoms with van der Waals surface area (Å²) in [5.74, 6) is -1.55. The van der Waals surface area contributed by atoms with Crippen LogP contribution in [0.4, 0.5) is 4.79 Å². The summed E-state index contributed by atoms with van der Waals surface area (Å²) in [6, 6.07) is 21.2. The van der Waals surface area contributed by atoms with Crippen molar-refractivity contribution in [3.63, 3.8) is 0 Å². The fourth-order valence-corrected chi connectivity index (χ4v) is 4.64. The summed E-state index contributed by atoms with van der Waals surface area (Å²) in [6.07, 6.45) is -2.18. The summed E-state index contributed by atoms with van der Waals surface area (Å²) in [6.45, 7) is 2.21. The second-order valence-corrected chi connectivity index (χ2v) is 9.41. The van der Waals surface area contributed by atoms with E-state index in [0.717, 1.165) is 5.56 Å². The number of hydrogen-bond donors (Lipinski definition) is 2. The quantitative estimate of drug-likeness (QED) is 0.438. The van der Waals surface area contributed by atoms with Gasteiger partial charge in [-0.05, 0) is 49.2 Å². The molecule has 0 bridgehead atoms. The zero-order valence-corrected chi connectivity index (χ0v) is 22.3. The maximum absolute atomic E-state index is 13.9. The van der Waals surface area contributed by atoms with E-state index in [4.69, 9.17) is 9.47 Å². The molecule has 1 aliphatic heterocycles. The van der Waals surface area contributed by atoms with Gasteiger partial charge in [0.05, 0.1) is 19.6 Å². The number of methoxy groups -OCH3 is 1. The van der Waals surface area contributed by atoms with E-state index in [0.29, 0.717) is 17.7 Å². The van der Waals surface area contributed by atoms with E-state index in [-0.39, 0.29) is 30.8 Å². The van der Waals surface area contributed by atoms with Crippen LogP contribution in [0.2, 0.25) is 0 Å². The number of nitrogens with zero attached hydrogens (tertiary/aromatic N) is 2. The Kier molecular flexibility index (Phi) is 9.00. The molecule has 3 amide bonds. The van der Waals surface area contributed by atoms with Crippen molar-refractivity contribution in [2.24, 2.45) is 0 Å². The van der Waals surface area contributed by atoms with Gasteiger partial charge in [-0.3, -0.25) is 19.3 Å². The van der Waals surface area contributed by atoms with Crippen LogP contribution in [0.3, 0.4) is 0 Å². The Bertz CT molecular complexity index is 1380. The van der Waals surface area contributed by atoms with Crippen LogP contribution in [0.15, 0.2) is 78.9 Å². The molecule has 0 radical (unpaired) electrons. The van der Waals surface area contributed by atoms with E-state index in [1.165, 1.54) is 16.9 Å². The number of amides is 3. The maximum atomic E-state index is 13.9. The molecule has 0 spiro atoms. The van der Waals surface area contributed by atoms with Crippen LogP contribution in [-0.4, -0.2) is 65.1 Å². The number of nitrogens with one attached hydrogen (secondary N) is 1. The number of benzene rings is 3. The Morgan fingerprint density at radius 3 is 2.33 bits per heavy atom. The summed E-state index contributed by atoms with van der Waals surface area (Å²) in [5, 5.41) is 12.3. The Labute approximate surface area is 232 Å². The molecule has 4 rings (SSSR count). The average molecular weight is 546 g/mol. The molecule has 3 aromatic carbocycles. The number of aryl methyl sites for hydroxylation is 1. The van der Waals surface area contributed by atoms with Gasteiger partial charge in [-0.15, -0.1) is 0 Å². The first kappa shape index (κ1) is 28.2. The van der Waals surface area contributed by atoms with Crippen LogP contribution in [0.25, 0.3) is 0 Å². The Balaban J connectivity index is 1.69. The lowest BCUT2D eigenvalue weighted by Gasteiger charge is -2.42. The van der Waals surface area contributed by atoms with Gasteiger partial charge in [-0.1, -0.05) is 54.1 Å². The van der Waals surface area contributed by atoms with Gasteiger partial charge in [0.1, 0.15) is 11.5 Å². The summed E-state index contributed by atoms with van der Waals surface area (Å²) < 4.78 is 10.8. The minimum Gasteiger partial charge on any atom is -0.497 e. The monoisotopic (exact) mass is 545 g/mol. The SMILES string of the molecule is COc1cccc(C(=O)N2CCCN(C(=O)Oc3ccccc3)C2C(=O)NC(CC(=O)O)c2cccc(C)c2)c1. The van der Waals surface area contributed by atoms with E-state index >= 15 is 0 Å². The standard InChI is InChI=1S/C30H31N3O7/c1-20-9-6-10-21(17-20)25(19-26(34)35)31-27(36)28-32(29(37)22-11-7-14-24(18-22)39-2)15-8-16-33(28)30(38)40-23-12-4-3-5-13-23/h3-7,9-14,17-18,25,28H,8,15-16,19H2,1-2H3,(H,31,36)(H,34,35). The lowest BCUT2D eigenvalue weighted by Crippen LogP contribution is -2.64. The van der Waals surface area contributed by atoms with Crippen LogP contribution >= 0.6 is 0 Å². The third-order valence-electron chi connectivity index (χ3n) is 6.52. The number of hydrogen-bond acceptors (Lipinski definition) is 6. The second-order valence-electron chi connectivity index (χ2n) is 9.41. The molecule has 1 heterocycles. The molecule has 2 unspecified atom stereocenters. The molecule has 3 aromatic rings. The molecule has 2 N–H and O–H groups in total. The second kappa shape index (κ2) is 12.8. The average Bonchev–Trinajstić information content (AvgIpc) is 2.96. The predicted octanol–water partition coefficient (Wildman–Crippen LogP) is 4.01.